The summed E-state index contributed by atoms with van der Waals surface area (Å²) in [7, 11) is 3.61. The zero-order valence-corrected chi connectivity index (χ0v) is 13.2. The number of nitrogens with one attached hydrogen (secondary N) is 1. The summed E-state index contributed by atoms with van der Waals surface area (Å²) in [6.45, 7) is 0. The molecule has 0 saturated heterocycles. The summed E-state index contributed by atoms with van der Waals surface area (Å²) in [6, 6.07) is 10.1. The predicted octanol–water partition coefficient (Wildman–Crippen LogP) is 4.48. The van der Waals surface area contributed by atoms with Gasteiger partial charge in [0.15, 0.2) is 0 Å². The maximum atomic E-state index is 6.00. The lowest BCUT2D eigenvalue weighted by molar-refractivity contribution is 0.405. The molecule has 1 atom stereocenters. The van der Waals surface area contributed by atoms with E-state index in [4.69, 9.17) is 16.3 Å². The highest BCUT2D eigenvalue weighted by Crippen LogP contribution is 2.36. The van der Waals surface area contributed by atoms with E-state index in [1.165, 1.54) is 4.88 Å². The van der Waals surface area contributed by atoms with Crippen LogP contribution in [0.4, 0.5) is 0 Å². The Morgan fingerprint density at radius 1 is 1.33 bits per heavy atom. The summed E-state index contributed by atoms with van der Waals surface area (Å²) in [5.41, 5.74) is 1.10. The van der Waals surface area contributed by atoms with Crippen molar-refractivity contribution in [2.24, 2.45) is 0 Å². The second-order valence-corrected chi connectivity index (χ2v) is 6.41. The van der Waals surface area contributed by atoms with Crippen LogP contribution in [0.1, 0.15) is 16.5 Å². The lowest BCUT2D eigenvalue weighted by Gasteiger charge is -2.18. The maximum Gasteiger partial charge on any atom is 0.125 e. The monoisotopic (exact) mass is 345 g/mol. The zero-order chi connectivity index (χ0) is 13.1. The van der Waals surface area contributed by atoms with E-state index >= 15 is 0 Å². The van der Waals surface area contributed by atoms with E-state index in [2.05, 4.69) is 27.3 Å². The third-order valence-corrected chi connectivity index (χ3v) is 4.46. The Bertz CT molecular complexity index is 544. The minimum absolute atomic E-state index is 0.0885. The van der Waals surface area contributed by atoms with Gasteiger partial charge in [0, 0.05) is 14.9 Å². The number of thiophene rings is 1. The van der Waals surface area contributed by atoms with Gasteiger partial charge in [0.05, 0.1) is 17.5 Å². The number of benzene rings is 1. The molecule has 2 aromatic rings. The van der Waals surface area contributed by atoms with Gasteiger partial charge < -0.3 is 10.1 Å². The molecule has 0 aliphatic rings. The van der Waals surface area contributed by atoms with Gasteiger partial charge in [0.1, 0.15) is 5.75 Å². The van der Waals surface area contributed by atoms with E-state index in [-0.39, 0.29) is 6.04 Å². The normalized spacial score (nSPS) is 12.4. The highest BCUT2D eigenvalue weighted by molar-refractivity contribution is 9.10. The minimum Gasteiger partial charge on any atom is -0.496 e. The van der Waals surface area contributed by atoms with Gasteiger partial charge in [-0.05, 0) is 31.3 Å². The topological polar surface area (TPSA) is 21.3 Å². The zero-order valence-electron chi connectivity index (χ0n) is 10.0. The molecule has 1 unspecified atom stereocenters. The summed E-state index contributed by atoms with van der Waals surface area (Å²) in [5.74, 6) is 0.855. The van der Waals surface area contributed by atoms with Crippen LogP contribution < -0.4 is 10.1 Å². The lowest BCUT2D eigenvalue weighted by Crippen LogP contribution is -2.17. The third kappa shape index (κ3) is 2.88. The van der Waals surface area contributed by atoms with Gasteiger partial charge in [-0.25, -0.2) is 0 Å². The molecule has 96 valence electrons. The van der Waals surface area contributed by atoms with Gasteiger partial charge in [0.25, 0.3) is 0 Å². The van der Waals surface area contributed by atoms with Crippen LogP contribution in [0.2, 0.25) is 4.34 Å². The summed E-state index contributed by atoms with van der Waals surface area (Å²) in [5, 5.41) is 3.30. The van der Waals surface area contributed by atoms with Gasteiger partial charge in [-0.15, -0.1) is 11.3 Å². The molecule has 0 bridgehead atoms. The summed E-state index contributed by atoms with van der Waals surface area (Å²) >= 11 is 11.0. The Labute approximate surface area is 124 Å². The molecule has 0 spiro atoms. The number of methoxy groups -OCH3 is 1. The van der Waals surface area contributed by atoms with E-state index in [0.717, 1.165) is 20.1 Å². The molecule has 1 N–H and O–H groups in total. The fourth-order valence-electron chi connectivity index (χ4n) is 1.86. The molecule has 0 fully saturated rings. The number of ether oxygens (including phenoxy) is 1. The van der Waals surface area contributed by atoms with Crippen LogP contribution in [0.5, 0.6) is 5.75 Å². The Balaban J connectivity index is 2.44. The fraction of sp³-hybridized carbons (Fsp3) is 0.231. The molecular formula is C13H13BrClNOS. The molecule has 1 heterocycles. The average Bonchev–Trinajstić information content (AvgIpc) is 2.78. The molecule has 2 rings (SSSR count). The van der Waals surface area contributed by atoms with Crippen molar-refractivity contribution in [2.75, 3.05) is 14.2 Å². The van der Waals surface area contributed by atoms with E-state index < -0.39 is 0 Å². The van der Waals surface area contributed by atoms with Gasteiger partial charge in [-0.3, -0.25) is 0 Å². The van der Waals surface area contributed by atoms with Crippen molar-refractivity contribution in [1.82, 2.24) is 5.32 Å². The highest BCUT2D eigenvalue weighted by Gasteiger charge is 2.18. The van der Waals surface area contributed by atoms with Crippen molar-refractivity contribution in [3.63, 3.8) is 0 Å². The smallest absolute Gasteiger partial charge is 0.125 e. The Kier molecular flexibility index (Phi) is 4.67. The Morgan fingerprint density at radius 3 is 2.67 bits per heavy atom. The predicted molar refractivity (Wildman–Crippen MR) is 80.9 cm³/mol. The lowest BCUT2D eigenvalue weighted by atomic mass is 10.0. The van der Waals surface area contributed by atoms with Crippen molar-refractivity contribution in [2.45, 2.75) is 6.04 Å². The van der Waals surface area contributed by atoms with Crippen molar-refractivity contribution < 1.29 is 4.74 Å². The van der Waals surface area contributed by atoms with Gasteiger partial charge >= 0.3 is 0 Å². The largest absolute Gasteiger partial charge is 0.496 e. The van der Waals surface area contributed by atoms with Crippen LogP contribution in [0.15, 0.2) is 34.8 Å². The first kappa shape index (κ1) is 13.9. The highest BCUT2D eigenvalue weighted by atomic mass is 79.9. The first-order valence-electron chi connectivity index (χ1n) is 5.41. The first-order valence-corrected chi connectivity index (χ1v) is 7.40. The second-order valence-electron chi connectivity index (χ2n) is 3.75. The molecule has 18 heavy (non-hydrogen) atoms. The molecule has 0 aliphatic heterocycles. The molecular weight excluding hydrogens is 334 g/mol. The standard InChI is InChI=1S/C13H13BrClNOS/c1-16-13(11-5-6-12(15)18-11)9-4-3-8(14)7-10(9)17-2/h3-7,13,16H,1-2H3. The van der Waals surface area contributed by atoms with Crippen LogP contribution in [0.25, 0.3) is 0 Å². The molecule has 2 nitrogen and oxygen atoms in total. The van der Waals surface area contributed by atoms with E-state index in [1.54, 1.807) is 18.4 Å². The quantitative estimate of drug-likeness (QED) is 0.881. The molecule has 5 heteroatoms. The molecule has 0 saturated carbocycles. The molecule has 0 radical (unpaired) electrons. The van der Waals surface area contributed by atoms with Gasteiger partial charge in [-0.1, -0.05) is 33.6 Å². The summed E-state index contributed by atoms with van der Waals surface area (Å²) < 4.78 is 7.23. The maximum absolute atomic E-state index is 6.00. The van der Waals surface area contributed by atoms with Crippen LogP contribution in [-0.2, 0) is 0 Å². The van der Waals surface area contributed by atoms with Crippen LogP contribution in [0, 0.1) is 0 Å². The SMILES string of the molecule is CNC(c1ccc(Cl)s1)c1ccc(Br)cc1OC. The van der Waals surface area contributed by atoms with Crippen LogP contribution in [0.3, 0.4) is 0 Å². The molecule has 1 aromatic heterocycles. The molecule has 0 aliphatic carbocycles. The van der Waals surface area contributed by atoms with Gasteiger partial charge in [-0.2, -0.15) is 0 Å². The van der Waals surface area contributed by atoms with Crippen molar-refractivity contribution in [1.29, 1.82) is 0 Å². The molecule has 0 amide bonds. The minimum atomic E-state index is 0.0885. The number of rotatable bonds is 4. The number of hydrogen-bond acceptors (Lipinski definition) is 3. The molecule has 1 aromatic carbocycles. The van der Waals surface area contributed by atoms with Gasteiger partial charge in [0.2, 0.25) is 0 Å². The van der Waals surface area contributed by atoms with Crippen molar-refractivity contribution in [3.8, 4) is 5.75 Å². The fourth-order valence-corrected chi connectivity index (χ4v) is 3.39. The second kappa shape index (κ2) is 6.06. The van der Waals surface area contributed by atoms with Crippen LogP contribution in [-0.4, -0.2) is 14.2 Å². The van der Waals surface area contributed by atoms with Crippen LogP contribution >= 0.6 is 38.9 Å². The van der Waals surface area contributed by atoms with E-state index in [0.29, 0.717) is 0 Å². The van der Waals surface area contributed by atoms with Crippen molar-refractivity contribution in [3.05, 3.63) is 49.6 Å². The Morgan fingerprint density at radius 2 is 2.11 bits per heavy atom. The summed E-state index contributed by atoms with van der Waals surface area (Å²) in [4.78, 5) is 1.17. The summed E-state index contributed by atoms with van der Waals surface area (Å²) in [6.07, 6.45) is 0. The van der Waals surface area contributed by atoms with E-state index in [1.807, 2.05) is 31.3 Å². The number of halogens is 2. The van der Waals surface area contributed by atoms with E-state index in [9.17, 15) is 0 Å². The van der Waals surface area contributed by atoms with Crippen molar-refractivity contribution >= 4 is 38.9 Å². The third-order valence-electron chi connectivity index (χ3n) is 2.67. The Hall–Kier alpha value is -0.550. The average molecular weight is 347 g/mol. The number of hydrogen-bond donors (Lipinski definition) is 1. The first-order chi connectivity index (χ1) is 8.65.